The van der Waals surface area contributed by atoms with Crippen LogP contribution in [0.15, 0.2) is 72.8 Å². The lowest BCUT2D eigenvalue weighted by Gasteiger charge is -2.01. The number of benzene rings is 3. The van der Waals surface area contributed by atoms with Crippen molar-refractivity contribution in [3.63, 3.8) is 0 Å². The van der Waals surface area contributed by atoms with Gasteiger partial charge in [0.15, 0.2) is 11.9 Å². The van der Waals surface area contributed by atoms with Crippen molar-refractivity contribution in [2.45, 2.75) is 12.2 Å². The van der Waals surface area contributed by atoms with Crippen LogP contribution in [0, 0.1) is 0 Å². The number of hydrogen-bond acceptors (Lipinski definition) is 2. The van der Waals surface area contributed by atoms with Crippen molar-refractivity contribution in [2.75, 3.05) is 0 Å². The third-order valence-corrected chi connectivity index (χ3v) is 3.91. The zero-order valence-corrected chi connectivity index (χ0v) is 11.4. The van der Waals surface area contributed by atoms with Gasteiger partial charge in [-0.25, -0.2) is 0 Å². The molecule has 21 heavy (non-hydrogen) atoms. The minimum atomic E-state index is -0.339. The van der Waals surface area contributed by atoms with Crippen molar-refractivity contribution < 1.29 is 9.53 Å². The van der Waals surface area contributed by atoms with Gasteiger partial charge in [-0.3, -0.25) is 4.79 Å². The summed E-state index contributed by atoms with van der Waals surface area (Å²) in [5.74, 6) is 0.0637. The van der Waals surface area contributed by atoms with Gasteiger partial charge in [-0.05, 0) is 22.4 Å². The second-order valence-electron chi connectivity index (χ2n) is 5.31. The van der Waals surface area contributed by atoms with E-state index in [9.17, 15) is 4.79 Å². The molecule has 0 bridgehead atoms. The highest BCUT2D eigenvalue weighted by Crippen LogP contribution is 2.41. The minimum absolute atomic E-state index is 0.0637. The molecule has 0 radical (unpaired) electrons. The maximum Gasteiger partial charge on any atom is 0.194 e. The molecule has 3 aromatic carbocycles. The van der Waals surface area contributed by atoms with Crippen LogP contribution in [-0.2, 0) is 4.74 Å². The number of rotatable bonds is 3. The molecule has 0 spiro atoms. The fraction of sp³-hybridized carbons (Fsp3) is 0.105. The van der Waals surface area contributed by atoms with Crippen LogP contribution >= 0.6 is 0 Å². The van der Waals surface area contributed by atoms with E-state index in [0.717, 1.165) is 5.56 Å². The van der Waals surface area contributed by atoms with Gasteiger partial charge in [-0.2, -0.15) is 0 Å². The predicted octanol–water partition coefficient (Wildman–Crippen LogP) is 4.16. The minimum Gasteiger partial charge on any atom is -0.356 e. The third-order valence-electron chi connectivity index (χ3n) is 3.91. The summed E-state index contributed by atoms with van der Waals surface area (Å²) in [5.41, 5.74) is 1.79. The Morgan fingerprint density at radius 3 is 2.33 bits per heavy atom. The summed E-state index contributed by atoms with van der Waals surface area (Å²) in [5, 5.41) is 2.38. The fourth-order valence-corrected chi connectivity index (χ4v) is 2.72. The van der Waals surface area contributed by atoms with Gasteiger partial charge in [-0.1, -0.05) is 66.7 Å². The van der Waals surface area contributed by atoms with Gasteiger partial charge in [0.1, 0.15) is 6.10 Å². The summed E-state index contributed by atoms with van der Waals surface area (Å²) in [6.45, 7) is 0. The van der Waals surface area contributed by atoms with Gasteiger partial charge in [0.2, 0.25) is 0 Å². The van der Waals surface area contributed by atoms with Gasteiger partial charge in [0.25, 0.3) is 0 Å². The van der Waals surface area contributed by atoms with Crippen molar-refractivity contribution in [3.05, 3.63) is 83.9 Å². The number of ether oxygens (including phenoxy) is 1. The summed E-state index contributed by atoms with van der Waals surface area (Å²) in [4.78, 5) is 12.3. The van der Waals surface area contributed by atoms with E-state index in [1.807, 2.05) is 48.5 Å². The Bertz CT molecular complexity index is 808. The Morgan fingerprint density at radius 1 is 0.810 bits per heavy atom. The summed E-state index contributed by atoms with van der Waals surface area (Å²) in [6, 6.07) is 23.8. The molecule has 4 rings (SSSR count). The van der Waals surface area contributed by atoms with Crippen molar-refractivity contribution in [2.24, 2.45) is 0 Å². The monoisotopic (exact) mass is 274 g/mol. The molecule has 2 heteroatoms. The molecule has 1 fully saturated rings. The lowest BCUT2D eigenvalue weighted by molar-refractivity contribution is 0.0953. The van der Waals surface area contributed by atoms with Crippen molar-refractivity contribution in [1.82, 2.24) is 0 Å². The van der Waals surface area contributed by atoms with Crippen LogP contribution in [-0.4, -0.2) is 11.9 Å². The van der Waals surface area contributed by atoms with E-state index in [1.165, 1.54) is 10.8 Å². The van der Waals surface area contributed by atoms with E-state index >= 15 is 0 Å². The highest BCUT2D eigenvalue weighted by Gasteiger charge is 2.46. The Labute approximate surface area is 123 Å². The average Bonchev–Trinajstić information content (AvgIpc) is 3.35. The Hall–Kier alpha value is -2.45. The molecule has 1 saturated heterocycles. The first kappa shape index (κ1) is 12.3. The molecule has 0 N–H and O–H groups in total. The van der Waals surface area contributed by atoms with Gasteiger partial charge < -0.3 is 4.74 Å². The Morgan fingerprint density at radius 2 is 1.52 bits per heavy atom. The van der Waals surface area contributed by atoms with E-state index in [0.29, 0.717) is 5.56 Å². The number of hydrogen-bond donors (Lipinski definition) is 0. The maximum atomic E-state index is 12.3. The lowest BCUT2D eigenvalue weighted by atomic mass is 10.0. The predicted molar refractivity (Wildman–Crippen MR) is 82.3 cm³/mol. The van der Waals surface area contributed by atoms with Crippen molar-refractivity contribution in [1.29, 1.82) is 0 Å². The second-order valence-corrected chi connectivity index (χ2v) is 5.31. The van der Waals surface area contributed by atoms with E-state index in [4.69, 9.17) is 4.74 Å². The molecular weight excluding hydrogens is 260 g/mol. The van der Waals surface area contributed by atoms with E-state index in [1.54, 1.807) is 0 Å². The average molecular weight is 274 g/mol. The zero-order valence-electron chi connectivity index (χ0n) is 11.4. The molecule has 0 aliphatic carbocycles. The van der Waals surface area contributed by atoms with Crippen molar-refractivity contribution >= 4 is 16.6 Å². The van der Waals surface area contributed by atoms with Gasteiger partial charge in [0, 0.05) is 5.56 Å². The maximum absolute atomic E-state index is 12.3. The first-order chi connectivity index (χ1) is 10.3. The fourth-order valence-electron chi connectivity index (χ4n) is 2.72. The van der Waals surface area contributed by atoms with E-state index in [-0.39, 0.29) is 18.0 Å². The molecule has 2 nitrogen and oxygen atoms in total. The van der Waals surface area contributed by atoms with Gasteiger partial charge >= 0.3 is 0 Å². The normalized spacial score (nSPS) is 20.4. The molecule has 2 atom stereocenters. The second kappa shape index (κ2) is 4.83. The summed E-state index contributed by atoms with van der Waals surface area (Å²) < 4.78 is 5.62. The summed E-state index contributed by atoms with van der Waals surface area (Å²) in [7, 11) is 0. The van der Waals surface area contributed by atoms with E-state index in [2.05, 4.69) is 24.3 Å². The number of epoxide rings is 1. The lowest BCUT2D eigenvalue weighted by Crippen LogP contribution is -2.07. The molecule has 0 amide bonds. The highest BCUT2D eigenvalue weighted by atomic mass is 16.6. The van der Waals surface area contributed by atoms with E-state index < -0.39 is 0 Å². The van der Waals surface area contributed by atoms with Crippen LogP contribution in [0.25, 0.3) is 10.8 Å². The number of ketones is 1. The van der Waals surface area contributed by atoms with Crippen molar-refractivity contribution in [3.8, 4) is 0 Å². The van der Waals surface area contributed by atoms with Crippen LogP contribution in [0.5, 0.6) is 0 Å². The van der Waals surface area contributed by atoms with Crippen LogP contribution in [0.3, 0.4) is 0 Å². The molecule has 1 aliphatic heterocycles. The summed E-state index contributed by atoms with van der Waals surface area (Å²) in [6.07, 6.45) is -0.448. The Balaban J connectivity index is 1.59. The molecule has 0 saturated carbocycles. The molecule has 1 heterocycles. The topological polar surface area (TPSA) is 29.6 Å². The molecule has 0 aromatic heterocycles. The smallest absolute Gasteiger partial charge is 0.194 e. The quantitative estimate of drug-likeness (QED) is 0.530. The van der Waals surface area contributed by atoms with Crippen LogP contribution < -0.4 is 0 Å². The standard InChI is InChI=1S/C19H14O2/c20-17(14-7-2-1-3-8-14)19-18(21-19)16-11-10-13-6-4-5-9-15(13)12-16/h1-12,18-19H. The zero-order chi connectivity index (χ0) is 14.2. The number of carbonyl (C=O) groups is 1. The summed E-state index contributed by atoms with van der Waals surface area (Å²) >= 11 is 0. The van der Waals surface area contributed by atoms with Crippen LogP contribution in [0.2, 0.25) is 0 Å². The van der Waals surface area contributed by atoms with Crippen LogP contribution in [0.4, 0.5) is 0 Å². The molecular formula is C19H14O2. The highest BCUT2D eigenvalue weighted by molar-refractivity contribution is 6.01. The largest absolute Gasteiger partial charge is 0.356 e. The van der Waals surface area contributed by atoms with Gasteiger partial charge in [-0.15, -0.1) is 0 Å². The number of fused-ring (bicyclic) bond motifs is 1. The SMILES string of the molecule is O=C(c1ccccc1)C1OC1c1ccc2ccccc2c1. The molecule has 2 unspecified atom stereocenters. The van der Waals surface area contributed by atoms with Crippen LogP contribution in [0.1, 0.15) is 22.0 Å². The number of Topliss-reactive ketones (excluding diaryl/α,β-unsaturated/α-hetero) is 1. The van der Waals surface area contributed by atoms with Gasteiger partial charge in [0.05, 0.1) is 0 Å². The molecule has 3 aromatic rings. The third kappa shape index (κ3) is 2.24. The Kier molecular flexibility index (Phi) is 2.83. The first-order valence-corrected chi connectivity index (χ1v) is 7.06. The molecule has 1 aliphatic rings. The molecule has 102 valence electrons. The number of carbonyl (C=O) groups excluding carboxylic acids is 1. The first-order valence-electron chi connectivity index (χ1n) is 7.06.